The Balaban J connectivity index is 6.85. The summed E-state index contributed by atoms with van der Waals surface area (Å²) < 4.78 is 236. The number of carboxylic acids is 1. The largest absolute Gasteiger partial charge is 0.478 e. The van der Waals surface area contributed by atoms with Gasteiger partial charge in [0, 0.05) is 0 Å². The molecule has 0 aliphatic rings. The van der Waals surface area contributed by atoms with Crippen molar-refractivity contribution in [3.8, 4) is 0 Å². The second-order valence-electron chi connectivity index (χ2n) is 5.36. The number of aliphatic carboxylic acids is 1. The van der Waals surface area contributed by atoms with Crippen molar-refractivity contribution in [1.82, 2.24) is 0 Å². The van der Waals surface area contributed by atoms with E-state index in [2.05, 4.69) is 11.6 Å². The van der Waals surface area contributed by atoms with Crippen molar-refractivity contribution in [2.75, 3.05) is 0 Å². The fourth-order valence-corrected chi connectivity index (χ4v) is 1.30. The summed E-state index contributed by atoms with van der Waals surface area (Å²) in [7, 11) is 0. The summed E-state index contributed by atoms with van der Waals surface area (Å²) in [6.45, 7) is 0. The molecule has 0 saturated heterocycles. The summed E-state index contributed by atoms with van der Waals surface area (Å²) >= 11 is 3.52. The highest BCUT2D eigenvalue weighted by Gasteiger charge is 2.84. The zero-order valence-corrected chi connectivity index (χ0v) is 15.0. The summed E-state index contributed by atoms with van der Waals surface area (Å²) in [4.78, 5) is 9.92. The summed E-state index contributed by atoms with van der Waals surface area (Å²) in [6.07, 6.45) is -45.3. The molecule has 3 unspecified atom stereocenters. The standard InChI is InChI=1S/C10HClF18O5/c11-3(14,5(16,17)18)8(25,26)34-10(29,7(22,23)24)33-4(15,6(19,20)21)9(27,28)32-2(12,13)1(30)31/h(H,30,31). The topological polar surface area (TPSA) is 65.0 Å². The fraction of sp³-hybridized carbons (Fsp3) is 0.900. The molecule has 0 aliphatic heterocycles. The van der Waals surface area contributed by atoms with E-state index in [9.17, 15) is 83.8 Å². The Morgan fingerprint density at radius 1 is 0.559 bits per heavy atom. The van der Waals surface area contributed by atoms with E-state index in [4.69, 9.17) is 5.11 Å². The maximum absolute atomic E-state index is 13.8. The van der Waals surface area contributed by atoms with Crippen molar-refractivity contribution >= 4 is 17.6 Å². The number of carboxylic acid groups (broad SMARTS) is 1. The van der Waals surface area contributed by atoms with Crippen molar-refractivity contribution < 1.29 is 103 Å². The van der Waals surface area contributed by atoms with E-state index in [0.29, 0.717) is 0 Å². The third-order valence-corrected chi connectivity index (χ3v) is 3.27. The van der Waals surface area contributed by atoms with Gasteiger partial charge in [-0.3, -0.25) is 4.74 Å². The molecule has 204 valence electrons. The van der Waals surface area contributed by atoms with Crippen molar-refractivity contribution in [3.63, 3.8) is 0 Å². The van der Waals surface area contributed by atoms with E-state index < -0.39 is 59.8 Å². The van der Waals surface area contributed by atoms with Crippen LogP contribution in [0, 0.1) is 0 Å². The number of carbonyl (C=O) groups is 1. The smallest absolute Gasteiger partial charge is 0.475 e. The van der Waals surface area contributed by atoms with E-state index in [1.54, 1.807) is 4.74 Å². The highest BCUT2D eigenvalue weighted by molar-refractivity contribution is 6.24. The molecular formula is C10HClF18O5. The van der Waals surface area contributed by atoms with Crippen LogP contribution in [0.15, 0.2) is 0 Å². The third-order valence-electron chi connectivity index (χ3n) is 2.84. The van der Waals surface area contributed by atoms with Crippen LogP contribution in [0.5, 0.6) is 0 Å². The lowest BCUT2D eigenvalue weighted by molar-refractivity contribution is -0.583. The fourth-order valence-electron chi connectivity index (χ4n) is 1.26. The van der Waals surface area contributed by atoms with Crippen molar-refractivity contribution in [2.45, 2.75) is 53.9 Å². The maximum Gasteiger partial charge on any atom is 0.478 e. The van der Waals surface area contributed by atoms with Gasteiger partial charge in [0.15, 0.2) is 0 Å². The molecule has 0 bridgehead atoms. The Kier molecular flexibility index (Phi) is 8.09. The second-order valence-corrected chi connectivity index (χ2v) is 5.88. The minimum Gasteiger partial charge on any atom is -0.475 e. The molecule has 24 heteroatoms. The summed E-state index contributed by atoms with van der Waals surface area (Å²) in [5.41, 5.74) is 0. The lowest BCUT2D eigenvalue weighted by atomic mass is 10.2. The average molecular weight is 579 g/mol. The molecule has 0 aliphatic carbocycles. The minimum atomic E-state index is -8.11. The molecule has 0 spiro atoms. The number of halogens is 19. The minimum absolute atomic E-state index is 1.41. The Bertz CT molecular complexity index is 758. The Morgan fingerprint density at radius 2 is 0.941 bits per heavy atom. The van der Waals surface area contributed by atoms with Gasteiger partial charge in [0.05, 0.1) is 0 Å². The van der Waals surface area contributed by atoms with Crippen LogP contribution in [0.25, 0.3) is 0 Å². The van der Waals surface area contributed by atoms with Gasteiger partial charge in [-0.2, -0.15) is 74.6 Å². The van der Waals surface area contributed by atoms with Crippen LogP contribution in [-0.2, 0) is 19.0 Å². The number of hydrogen-bond donors (Lipinski definition) is 1. The molecule has 5 nitrogen and oxygen atoms in total. The van der Waals surface area contributed by atoms with Gasteiger partial charge >= 0.3 is 59.8 Å². The van der Waals surface area contributed by atoms with E-state index in [1.807, 2.05) is 0 Å². The van der Waals surface area contributed by atoms with Gasteiger partial charge in [0.25, 0.3) is 0 Å². The number of ether oxygens (including phenoxy) is 3. The summed E-state index contributed by atoms with van der Waals surface area (Å²) in [5.74, 6) is -12.1. The molecule has 0 aromatic heterocycles. The SMILES string of the molecule is O=C(O)C(F)(F)OC(F)(F)C(F)(OC(F)(OC(F)(F)C(F)(Cl)C(F)(F)F)C(F)(F)F)C(F)(F)F. The molecule has 3 atom stereocenters. The first kappa shape index (κ1) is 32.4. The molecule has 0 aromatic rings. The Morgan fingerprint density at radius 3 is 1.21 bits per heavy atom. The van der Waals surface area contributed by atoms with Gasteiger partial charge in [-0.1, -0.05) is 11.6 Å². The van der Waals surface area contributed by atoms with Crippen LogP contribution < -0.4 is 0 Å². The molecule has 0 amide bonds. The molecule has 0 fully saturated rings. The lowest BCUT2D eigenvalue weighted by Gasteiger charge is -2.41. The second kappa shape index (κ2) is 8.50. The Labute approximate surface area is 176 Å². The van der Waals surface area contributed by atoms with Crippen LogP contribution in [0.1, 0.15) is 0 Å². The predicted octanol–water partition coefficient (Wildman–Crippen LogP) is 5.78. The predicted molar refractivity (Wildman–Crippen MR) is 61.3 cm³/mol. The van der Waals surface area contributed by atoms with Gasteiger partial charge in [-0.25, -0.2) is 18.7 Å². The first-order chi connectivity index (χ1) is 14.3. The normalized spacial score (nSPS) is 20.3. The molecule has 1 N–H and O–H groups in total. The van der Waals surface area contributed by atoms with E-state index in [1.165, 1.54) is 9.47 Å². The van der Waals surface area contributed by atoms with Crippen LogP contribution in [0.2, 0.25) is 0 Å². The van der Waals surface area contributed by atoms with Gasteiger partial charge < -0.3 is 5.11 Å². The molecule has 0 heterocycles. The molecule has 0 radical (unpaired) electrons. The Hall–Kier alpha value is -1.62. The molecular weight excluding hydrogens is 578 g/mol. The van der Waals surface area contributed by atoms with Crippen LogP contribution in [-0.4, -0.2) is 65.0 Å². The van der Waals surface area contributed by atoms with Crippen molar-refractivity contribution in [3.05, 3.63) is 0 Å². The summed E-state index contributed by atoms with van der Waals surface area (Å²) in [5, 5.41) is 0.758. The first-order valence-corrected chi connectivity index (χ1v) is 7.12. The van der Waals surface area contributed by atoms with Crippen molar-refractivity contribution in [1.29, 1.82) is 0 Å². The lowest BCUT2D eigenvalue weighted by Crippen LogP contribution is -2.67. The monoisotopic (exact) mass is 578 g/mol. The third kappa shape index (κ3) is 5.78. The molecule has 0 saturated carbocycles. The zero-order valence-electron chi connectivity index (χ0n) is 14.3. The van der Waals surface area contributed by atoms with Crippen LogP contribution >= 0.6 is 11.6 Å². The average Bonchev–Trinajstić information content (AvgIpc) is 2.49. The van der Waals surface area contributed by atoms with Crippen molar-refractivity contribution in [2.24, 2.45) is 0 Å². The highest BCUT2D eigenvalue weighted by Crippen LogP contribution is 2.57. The van der Waals surface area contributed by atoms with Gasteiger partial charge in [0.2, 0.25) is 0 Å². The molecule has 0 aromatic carbocycles. The van der Waals surface area contributed by atoms with Crippen LogP contribution in [0.4, 0.5) is 79.0 Å². The van der Waals surface area contributed by atoms with Crippen LogP contribution in [0.3, 0.4) is 0 Å². The maximum atomic E-state index is 13.8. The van der Waals surface area contributed by atoms with E-state index >= 15 is 0 Å². The zero-order chi connectivity index (χ0) is 28.2. The molecule has 34 heavy (non-hydrogen) atoms. The highest BCUT2D eigenvalue weighted by atomic mass is 35.5. The number of alkyl halides is 19. The van der Waals surface area contributed by atoms with Gasteiger partial charge in [-0.05, 0) is 0 Å². The van der Waals surface area contributed by atoms with Gasteiger partial charge in [0.1, 0.15) is 0 Å². The van der Waals surface area contributed by atoms with E-state index in [0.717, 1.165) is 0 Å². The van der Waals surface area contributed by atoms with E-state index in [-0.39, 0.29) is 0 Å². The molecule has 0 rings (SSSR count). The first-order valence-electron chi connectivity index (χ1n) is 6.74. The van der Waals surface area contributed by atoms with Gasteiger partial charge in [-0.15, -0.1) is 0 Å². The summed E-state index contributed by atoms with van der Waals surface area (Å²) in [6, 6.07) is -7.91. The number of rotatable bonds is 9. The number of hydrogen-bond acceptors (Lipinski definition) is 4. The quantitative estimate of drug-likeness (QED) is 0.214.